The molecule has 0 bridgehead atoms. The fourth-order valence-electron chi connectivity index (χ4n) is 8.36. The lowest BCUT2D eigenvalue weighted by atomic mass is 9.44. The van der Waals surface area contributed by atoms with Crippen molar-refractivity contribution >= 4 is 5.78 Å². The van der Waals surface area contributed by atoms with Gasteiger partial charge < -0.3 is 5.32 Å². The lowest BCUT2D eigenvalue weighted by Crippen LogP contribution is -2.53. The van der Waals surface area contributed by atoms with E-state index in [1.165, 1.54) is 63.4 Å². The van der Waals surface area contributed by atoms with Crippen molar-refractivity contribution in [2.45, 2.75) is 139 Å². The molecule has 2 heteroatoms. The second-order valence-corrected chi connectivity index (χ2v) is 12.0. The van der Waals surface area contributed by atoms with Crippen LogP contribution >= 0.6 is 0 Å². The number of hydrogen-bond acceptors (Lipinski definition) is 2. The molecular formula is C35H65NO. The normalized spacial score (nSPS) is 35.9. The summed E-state index contributed by atoms with van der Waals surface area (Å²) < 4.78 is 0. The molecule has 1 N–H and O–H groups in total. The number of allylic oxidation sites excluding steroid dienone is 3. The van der Waals surface area contributed by atoms with Gasteiger partial charge >= 0.3 is 0 Å². The Morgan fingerprint density at radius 1 is 0.973 bits per heavy atom. The predicted molar refractivity (Wildman–Crippen MR) is 165 cm³/mol. The van der Waals surface area contributed by atoms with E-state index < -0.39 is 0 Å². The smallest absolute Gasteiger partial charge is 0.139 e. The quantitative estimate of drug-likeness (QED) is 0.342. The fraction of sp³-hybridized carbons (Fsp3) is 0.857. The maximum atomic E-state index is 12.7. The maximum Gasteiger partial charge on any atom is 0.139 e. The Bertz CT molecular complexity index is 723. The van der Waals surface area contributed by atoms with Crippen molar-refractivity contribution in [2.24, 2.45) is 40.4 Å². The van der Waals surface area contributed by atoms with Gasteiger partial charge in [-0.05, 0) is 113 Å². The van der Waals surface area contributed by atoms with Gasteiger partial charge in [-0.15, -0.1) is 0 Å². The molecule has 37 heavy (non-hydrogen) atoms. The molecule has 5 unspecified atom stereocenters. The molecule has 7 atom stereocenters. The van der Waals surface area contributed by atoms with Gasteiger partial charge in [0, 0.05) is 11.8 Å². The molecule has 4 aliphatic carbocycles. The zero-order chi connectivity index (χ0) is 28.2. The van der Waals surface area contributed by atoms with Gasteiger partial charge in [-0.1, -0.05) is 92.5 Å². The van der Waals surface area contributed by atoms with Gasteiger partial charge in [0.25, 0.3) is 0 Å². The average Bonchev–Trinajstić information content (AvgIpc) is 3.24. The monoisotopic (exact) mass is 516 g/mol. The highest BCUT2D eigenvalue weighted by atomic mass is 16.1. The molecule has 4 fully saturated rings. The van der Waals surface area contributed by atoms with Gasteiger partial charge in [0.2, 0.25) is 0 Å². The third-order valence-corrected chi connectivity index (χ3v) is 10.6. The van der Waals surface area contributed by atoms with Crippen LogP contribution in [0.2, 0.25) is 0 Å². The van der Waals surface area contributed by atoms with Gasteiger partial charge in [0.1, 0.15) is 5.78 Å². The number of carbonyl (C=O) groups excluding carboxylic acids is 1. The summed E-state index contributed by atoms with van der Waals surface area (Å²) in [6, 6.07) is 0. The van der Waals surface area contributed by atoms with E-state index in [9.17, 15) is 4.79 Å². The molecule has 4 saturated carbocycles. The minimum Gasteiger partial charge on any atom is -0.320 e. The molecule has 0 heterocycles. The first-order valence-electron chi connectivity index (χ1n) is 16.4. The first kappa shape index (κ1) is 34.1. The summed E-state index contributed by atoms with van der Waals surface area (Å²) in [6.07, 6.45) is 17.3. The first-order chi connectivity index (χ1) is 17.8. The molecule has 0 aromatic heterocycles. The van der Waals surface area contributed by atoms with Crippen LogP contribution in [0.3, 0.4) is 0 Å². The molecule has 0 amide bonds. The van der Waals surface area contributed by atoms with Crippen LogP contribution in [0.5, 0.6) is 0 Å². The lowest BCUT2D eigenvalue weighted by Gasteiger charge is -2.60. The summed E-state index contributed by atoms with van der Waals surface area (Å²) >= 11 is 0. The van der Waals surface area contributed by atoms with E-state index in [2.05, 4.69) is 45.8 Å². The molecule has 4 rings (SSSR count). The van der Waals surface area contributed by atoms with Crippen LogP contribution in [0, 0.1) is 40.4 Å². The SMILES string of the molecule is C=C1CC2C/C(=C/CCC(CC)CCNC)CC[C@]2(C)C2CC[C@]3(C)C(=O)CCC3C12.CC.CC.CC. The Kier molecular flexibility index (Phi) is 15.0. The molecule has 0 spiro atoms. The van der Waals surface area contributed by atoms with Crippen molar-refractivity contribution < 1.29 is 4.79 Å². The van der Waals surface area contributed by atoms with Crippen LogP contribution in [0.1, 0.15) is 139 Å². The summed E-state index contributed by atoms with van der Waals surface area (Å²) in [5.74, 6) is 4.12. The molecule has 0 aliphatic heterocycles. The molecule has 4 aliphatic rings. The van der Waals surface area contributed by atoms with Crippen LogP contribution in [0.4, 0.5) is 0 Å². The highest BCUT2D eigenvalue weighted by Gasteiger charge is 2.60. The van der Waals surface area contributed by atoms with Gasteiger partial charge in [-0.2, -0.15) is 0 Å². The summed E-state index contributed by atoms with van der Waals surface area (Å²) in [6.45, 7) is 25.0. The van der Waals surface area contributed by atoms with E-state index in [4.69, 9.17) is 0 Å². The van der Waals surface area contributed by atoms with Gasteiger partial charge in [0.15, 0.2) is 0 Å². The Morgan fingerprint density at radius 2 is 1.65 bits per heavy atom. The maximum absolute atomic E-state index is 12.7. The van der Waals surface area contributed by atoms with E-state index in [1.54, 1.807) is 5.57 Å². The van der Waals surface area contributed by atoms with Gasteiger partial charge in [0.05, 0.1) is 0 Å². The second kappa shape index (κ2) is 16.3. The largest absolute Gasteiger partial charge is 0.320 e. The molecule has 0 saturated heterocycles. The third-order valence-electron chi connectivity index (χ3n) is 10.6. The van der Waals surface area contributed by atoms with Gasteiger partial charge in [-0.25, -0.2) is 0 Å². The van der Waals surface area contributed by atoms with Crippen molar-refractivity contribution in [3.63, 3.8) is 0 Å². The molecule has 0 aromatic carbocycles. The van der Waals surface area contributed by atoms with Crippen LogP contribution in [0.25, 0.3) is 0 Å². The highest BCUT2D eigenvalue weighted by Crippen LogP contribution is 2.66. The predicted octanol–water partition coefficient (Wildman–Crippen LogP) is 10.2. The fourth-order valence-corrected chi connectivity index (χ4v) is 8.36. The Balaban J connectivity index is 0.00000106. The van der Waals surface area contributed by atoms with Crippen LogP contribution < -0.4 is 5.32 Å². The van der Waals surface area contributed by atoms with Crippen molar-refractivity contribution in [2.75, 3.05) is 13.6 Å². The highest BCUT2D eigenvalue weighted by molar-refractivity contribution is 5.87. The molecule has 2 nitrogen and oxygen atoms in total. The Hall–Kier alpha value is -0.890. The molecular weight excluding hydrogens is 450 g/mol. The second-order valence-electron chi connectivity index (χ2n) is 12.0. The van der Waals surface area contributed by atoms with E-state index >= 15 is 0 Å². The van der Waals surface area contributed by atoms with Crippen LogP contribution in [-0.2, 0) is 4.79 Å². The average molecular weight is 516 g/mol. The summed E-state index contributed by atoms with van der Waals surface area (Å²) in [7, 11) is 2.06. The number of rotatable bonds is 7. The number of carbonyl (C=O) groups is 1. The molecule has 0 aromatic rings. The summed E-state index contributed by atoms with van der Waals surface area (Å²) in [5.41, 5.74) is 3.64. The summed E-state index contributed by atoms with van der Waals surface area (Å²) in [4.78, 5) is 12.7. The number of nitrogens with one attached hydrogen (secondary N) is 1. The molecule has 0 radical (unpaired) electrons. The van der Waals surface area contributed by atoms with Gasteiger partial charge in [-0.3, -0.25) is 4.79 Å². The van der Waals surface area contributed by atoms with E-state index in [0.29, 0.717) is 23.0 Å². The number of ketones is 1. The Morgan fingerprint density at radius 3 is 2.27 bits per heavy atom. The van der Waals surface area contributed by atoms with E-state index in [0.717, 1.165) is 43.6 Å². The molecule has 216 valence electrons. The zero-order valence-electron chi connectivity index (χ0n) is 26.8. The standard InChI is InChI=1S/C29H47NO.3C2H6/c1-6-21(14-17-30-5)8-7-9-22-12-15-28(3)23(19-22)18-20(2)27-24-10-11-26(31)29(24,4)16-13-25(27)28;3*1-2/h9,21,23-25,27,30H,2,6-8,10-19H2,1,3-5H3;3*1-2H3/b22-9+;;;/t21?,23?,24?,25?,27?,28-,29-;;;/m0.../s1. The Labute approximate surface area is 232 Å². The van der Waals surface area contributed by atoms with E-state index in [1.807, 2.05) is 41.5 Å². The van der Waals surface area contributed by atoms with Crippen LogP contribution in [-0.4, -0.2) is 19.4 Å². The minimum atomic E-state index is -0.0455. The summed E-state index contributed by atoms with van der Waals surface area (Å²) in [5, 5.41) is 3.31. The van der Waals surface area contributed by atoms with Crippen LogP contribution in [0.15, 0.2) is 23.8 Å². The van der Waals surface area contributed by atoms with Crippen molar-refractivity contribution in [3.8, 4) is 0 Å². The van der Waals surface area contributed by atoms with E-state index in [-0.39, 0.29) is 5.41 Å². The number of Topliss-reactive ketones (excluding diaryl/α,β-unsaturated/α-hetero) is 1. The minimum absolute atomic E-state index is 0.0455. The topological polar surface area (TPSA) is 29.1 Å². The van der Waals surface area contributed by atoms with Crippen molar-refractivity contribution in [1.82, 2.24) is 5.32 Å². The number of fused-ring (bicyclic) bond motifs is 5. The number of hydrogen-bond donors (Lipinski definition) is 1. The lowest BCUT2D eigenvalue weighted by molar-refractivity contribution is -0.133. The van der Waals surface area contributed by atoms with Crippen molar-refractivity contribution in [1.29, 1.82) is 0 Å². The third kappa shape index (κ3) is 7.40. The van der Waals surface area contributed by atoms with Crippen molar-refractivity contribution in [3.05, 3.63) is 23.8 Å². The first-order valence-corrected chi connectivity index (χ1v) is 16.4. The zero-order valence-corrected chi connectivity index (χ0v) is 26.8.